The minimum absolute atomic E-state index is 0.0901. The number of amides is 1. The molecule has 14 heavy (non-hydrogen) atoms. The van der Waals surface area contributed by atoms with Crippen LogP contribution in [-0.2, 0) is 14.3 Å². The van der Waals surface area contributed by atoms with Crippen molar-refractivity contribution in [1.82, 2.24) is 4.90 Å². The maximum absolute atomic E-state index is 11.2. The van der Waals surface area contributed by atoms with Gasteiger partial charge in [-0.25, -0.2) is 0 Å². The minimum atomic E-state index is -0.317. The SMILES string of the molecule is CCCCCN1C(=O)CC1OC(C)=O. The number of carbonyl (C=O) groups is 2. The summed E-state index contributed by atoms with van der Waals surface area (Å²) in [5.74, 6) is -0.227. The van der Waals surface area contributed by atoms with Crippen molar-refractivity contribution >= 4 is 11.9 Å². The Morgan fingerprint density at radius 2 is 2.29 bits per heavy atom. The van der Waals surface area contributed by atoms with Crippen LogP contribution in [0.25, 0.3) is 0 Å². The first kappa shape index (κ1) is 11.0. The maximum atomic E-state index is 11.2. The fourth-order valence-corrected chi connectivity index (χ4v) is 1.52. The fraction of sp³-hybridized carbons (Fsp3) is 0.800. The second-order valence-corrected chi connectivity index (χ2v) is 3.56. The molecule has 1 fully saturated rings. The molecule has 80 valence electrons. The molecule has 1 rings (SSSR count). The van der Waals surface area contributed by atoms with Gasteiger partial charge in [0.2, 0.25) is 5.91 Å². The summed E-state index contributed by atoms with van der Waals surface area (Å²) in [6.45, 7) is 4.19. The van der Waals surface area contributed by atoms with E-state index in [1.165, 1.54) is 6.92 Å². The highest BCUT2D eigenvalue weighted by Crippen LogP contribution is 2.21. The van der Waals surface area contributed by atoms with Crippen LogP contribution in [0.3, 0.4) is 0 Å². The highest BCUT2D eigenvalue weighted by molar-refractivity contribution is 5.83. The number of β-lactam (4-membered cyclic amide) rings is 1. The predicted octanol–water partition coefficient (Wildman–Crippen LogP) is 1.30. The van der Waals surface area contributed by atoms with Crippen LogP contribution in [0, 0.1) is 0 Å². The van der Waals surface area contributed by atoms with Gasteiger partial charge in [-0.2, -0.15) is 0 Å². The van der Waals surface area contributed by atoms with E-state index in [0.717, 1.165) is 19.3 Å². The Kier molecular flexibility index (Phi) is 3.92. The summed E-state index contributed by atoms with van der Waals surface area (Å²) < 4.78 is 4.97. The lowest BCUT2D eigenvalue weighted by Crippen LogP contribution is -2.54. The predicted molar refractivity (Wildman–Crippen MR) is 51.4 cm³/mol. The molecule has 1 aliphatic heterocycles. The second-order valence-electron chi connectivity index (χ2n) is 3.56. The zero-order valence-corrected chi connectivity index (χ0v) is 8.78. The lowest BCUT2D eigenvalue weighted by molar-refractivity contribution is -0.182. The van der Waals surface area contributed by atoms with Gasteiger partial charge in [-0.05, 0) is 6.42 Å². The van der Waals surface area contributed by atoms with E-state index in [9.17, 15) is 9.59 Å². The van der Waals surface area contributed by atoms with Gasteiger partial charge in [-0.3, -0.25) is 9.59 Å². The summed E-state index contributed by atoms with van der Waals surface area (Å²) in [6, 6.07) is 0. The average Bonchev–Trinajstić information content (AvgIpc) is 2.11. The van der Waals surface area contributed by atoms with E-state index < -0.39 is 0 Å². The van der Waals surface area contributed by atoms with Crippen molar-refractivity contribution in [2.24, 2.45) is 0 Å². The molecule has 0 N–H and O–H groups in total. The standard InChI is InChI=1S/C10H17NO3/c1-3-4-5-6-11-9(13)7-10(11)14-8(2)12/h10H,3-7H2,1-2H3. The first-order valence-corrected chi connectivity index (χ1v) is 5.12. The Labute approximate surface area is 84.2 Å². The van der Waals surface area contributed by atoms with Gasteiger partial charge in [0.15, 0.2) is 6.23 Å². The molecule has 0 aromatic rings. The number of ether oxygens (including phenoxy) is 1. The summed E-state index contributed by atoms with van der Waals surface area (Å²) in [6.07, 6.45) is 3.28. The van der Waals surface area contributed by atoms with E-state index in [4.69, 9.17) is 4.74 Å². The molecule has 0 aromatic heterocycles. The van der Waals surface area contributed by atoms with Crippen LogP contribution in [0.1, 0.15) is 39.5 Å². The lowest BCUT2D eigenvalue weighted by atomic mass is 10.1. The van der Waals surface area contributed by atoms with Gasteiger partial charge < -0.3 is 9.64 Å². The van der Waals surface area contributed by atoms with Crippen molar-refractivity contribution in [3.63, 3.8) is 0 Å². The van der Waals surface area contributed by atoms with E-state index in [0.29, 0.717) is 13.0 Å². The van der Waals surface area contributed by atoms with Gasteiger partial charge in [0, 0.05) is 13.5 Å². The number of likely N-dealkylation sites (tertiary alicyclic amines) is 1. The van der Waals surface area contributed by atoms with Crippen molar-refractivity contribution < 1.29 is 14.3 Å². The second kappa shape index (κ2) is 4.98. The van der Waals surface area contributed by atoms with Crippen molar-refractivity contribution in [2.75, 3.05) is 6.54 Å². The number of unbranched alkanes of at least 4 members (excludes halogenated alkanes) is 2. The third kappa shape index (κ3) is 2.72. The van der Waals surface area contributed by atoms with Crippen LogP contribution in [0.5, 0.6) is 0 Å². The minimum Gasteiger partial charge on any atom is -0.441 e. The Bertz CT molecular complexity index is 227. The summed E-state index contributed by atoms with van der Waals surface area (Å²) >= 11 is 0. The van der Waals surface area contributed by atoms with Crippen LogP contribution >= 0.6 is 0 Å². The highest BCUT2D eigenvalue weighted by atomic mass is 16.6. The Morgan fingerprint density at radius 1 is 1.57 bits per heavy atom. The third-order valence-electron chi connectivity index (χ3n) is 2.32. The van der Waals surface area contributed by atoms with Crippen LogP contribution in [0.2, 0.25) is 0 Å². The molecule has 1 amide bonds. The summed E-state index contributed by atoms with van der Waals surface area (Å²) in [7, 11) is 0. The quantitative estimate of drug-likeness (QED) is 0.381. The lowest BCUT2D eigenvalue weighted by Gasteiger charge is -2.39. The Hall–Kier alpha value is -1.06. The van der Waals surface area contributed by atoms with E-state index in [2.05, 4.69) is 6.92 Å². The van der Waals surface area contributed by atoms with Crippen molar-refractivity contribution in [3.8, 4) is 0 Å². The van der Waals surface area contributed by atoms with Crippen LogP contribution in [-0.4, -0.2) is 29.5 Å². The van der Waals surface area contributed by atoms with Crippen LogP contribution in [0.15, 0.2) is 0 Å². The molecule has 1 saturated heterocycles. The number of carbonyl (C=O) groups excluding carboxylic acids is 2. The largest absolute Gasteiger partial charge is 0.441 e. The Balaban J connectivity index is 2.26. The van der Waals surface area contributed by atoms with E-state index in [-0.39, 0.29) is 18.1 Å². The van der Waals surface area contributed by atoms with Gasteiger partial charge >= 0.3 is 5.97 Å². The van der Waals surface area contributed by atoms with Crippen molar-refractivity contribution in [3.05, 3.63) is 0 Å². The molecule has 1 aliphatic rings. The maximum Gasteiger partial charge on any atom is 0.304 e. The first-order chi connectivity index (χ1) is 6.65. The summed E-state index contributed by atoms with van der Waals surface area (Å²) in [5.41, 5.74) is 0. The van der Waals surface area contributed by atoms with Gasteiger partial charge in [-0.15, -0.1) is 0 Å². The molecule has 0 aliphatic carbocycles. The van der Waals surface area contributed by atoms with Gasteiger partial charge in [0.25, 0.3) is 0 Å². The smallest absolute Gasteiger partial charge is 0.304 e. The number of nitrogens with zero attached hydrogens (tertiary/aromatic N) is 1. The molecule has 4 nitrogen and oxygen atoms in total. The average molecular weight is 199 g/mol. The molecule has 1 heterocycles. The van der Waals surface area contributed by atoms with E-state index >= 15 is 0 Å². The van der Waals surface area contributed by atoms with Crippen molar-refractivity contribution in [2.45, 2.75) is 45.8 Å². The molecule has 1 atom stereocenters. The van der Waals surface area contributed by atoms with Gasteiger partial charge in [0.05, 0.1) is 6.42 Å². The molecule has 1 unspecified atom stereocenters. The summed E-state index contributed by atoms with van der Waals surface area (Å²) in [5, 5.41) is 0. The van der Waals surface area contributed by atoms with Gasteiger partial charge in [-0.1, -0.05) is 19.8 Å². The van der Waals surface area contributed by atoms with Crippen molar-refractivity contribution in [1.29, 1.82) is 0 Å². The molecule has 4 heteroatoms. The fourth-order valence-electron chi connectivity index (χ4n) is 1.52. The van der Waals surface area contributed by atoms with Crippen LogP contribution in [0.4, 0.5) is 0 Å². The topological polar surface area (TPSA) is 46.6 Å². The first-order valence-electron chi connectivity index (χ1n) is 5.12. The van der Waals surface area contributed by atoms with Gasteiger partial charge in [0.1, 0.15) is 0 Å². The summed E-state index contributed by atoms with van der Waals surface area (Å²) in [4.78, 5) is 23.5. The van der Waals surface area contributed by atoms with Crippen LogP contribution < -0.4 is 0 Å². The number of rotatable bonds is 5. The molecular formula is C10H17NO3. The molecule has 0 aromatic carbocycles. The Morgan fingerprint density at radius 3 is 2.79 bits per heavy atom. The number of esters is 1. The number of hydrogen-bond donors (Lipinski definition) is 0. The number of hydrogen-bond acceptors (Lipinski definition) is 3. The zero-order valence-electron chi connectivity index (χ0n) is 8.78. The molecule has 0 spiro atoms. The van der Waals surface area contributed by atoms with E-state index in [1.807, 2.05) is 0 Å². The molecule has 0 radical (unpaired) electrons. The molecule has 0 saturated carbocycles. The highest BCUT2D eigenvalue weighted by Gasteiger charge is 2.37. The zero-order chi connectivity index (χ0) is 10.6. The normalized spacial score (nSPS) is 20.6. The monoisotopic (exact) mass is 199 g/mol. The van der Waals surface area contributed by atoms with E-state index in [1.54, 1.807) is 4.90 Å². The molecule has 0 bridgehead atoms. The molecular weight excluding hydrogens is 182 g/mol. The third-order valence-corrected chi connectivity index (χ3v) is 2.32.